The Hall–Kier alpha value is -6.57. The Kier molecular flexibility index (Phi) is 11.3. The molecule has 9 rings (SSSR count). The number of anilines is 6. The van der Waals surface area contributed by atoms with Crippen molar-refractivity contribution < 1.29 is 0 Å². The number of aromatic nitrogens is 4. The van der Waals surface area contributed by atoms with Gasteiger partial charge in [-0.15, -0.1) is 0 Å². The van der Waals surface area contributed by atoms with E-state index in [1.807, 2.05) is 0 Å². The van der Waals surface area contributed by atoms with Crippen LogP contribution in [0.4, 0.5) is 34.1 Å². The number of fused-ring (bicyclic) bond motifs is 2. The number of unbranched alkanes of at least 4 members (excludes halogenated alkanes) is 1. The van der Waals surface area contributed by atoms with Crippen LogP contribution in [0.5, 0.6) is 0 Å². The lowest BCUT2D eigenvalue weighted by atomic mass is 9.95. The van der Waals surface area contributed by atoms with E-state index in [1.165, 1.54) is 11.7 Å². The fraction of sp³-hybridized carbons (Fsp3) is 0.122. The van der Waals surface area contributed by atoms with Crippen LogP contribution in [0.15, 0.2) is 170 Å². The molecule has 2 aromatic heterocycles. The molecule has 0 aliphatic heterocycles. The van der Waals surface area contributed by atoms with E-state index in [1.54, 1.807) is 0 Å². The second-order valence-electron chi connectivity index (χ2n) is 13.3. The van der Waals surface area contributed by atoms with Crippen molar-refractivity contribution in [1.29, 1.82) is 0 Å². The van der Waals surface area contributed by atoms with Crippen molar-refractivity contribution in [2.75, 3.05) is 9.80 Å². The van der Waals surface area contributed by atoms with Crippen LogP contribution in [0, 0.1) is 0 Å². The predicted octanol–water partition coefficient (Wildman–Crippen LogP) is 14.5. The summed E-state index contributed by atoms with van der Waals surface area (Å²) in [6.45, 7) is 2.22. The van der Waals surface area contributed by atoms with Crippen LogP contribution in [0.1, 0.15) is 40.4 Å². The lowest BCUT2D eigenvalue weighted by Gasteiger charge is -2.25. The highest BCUT2D eigenvalue weighted by Gasteiger charge is 2.24. The number of imidazole rings is 1. The van der Waals surface area contributed by atoms with Crippen LogP contribution < -0.4 is 9.80 Å². The molecule has 56 heavy (non-hydrogen) atoms. The van der Waals surface area contributed by atoms with Gasteiger partial charge in [-0.05, 0) is 90.3 Å². The van der Waals surface area contributed by atoms with E-state index in [2.05, 4.69) is 192 Å². The lowest BCUT2D eigenvalue weighted by Crippen LogP contribution is -2.09. The van der Waals surface area contributed by atoms with E-state index >= 15 is 0 Å². The van der Waals surface area contributed by atoms with Crippen molar-refractivity contribution in [2.45, 2.75) is 41.0 Å². The number of aromatic amines is 1. The number of hydrogen-bond donors (Lipinski definition) is 1. The number of rotatable bonds is 11. The summed E-state index contributed by atoms with van der Waals surface area (Å²) in [7, 11) is 0. The van der Waals surface area contributed by atoms with Gasteiger partial charge in [0, 0.05) is 51.7 Å². The SMILES string of the molecule is C.C.CCCCc1nc2c(-c3ccc(N(c4ccccc4)c4ccccc4)cc3)c3nsnc3c(-c3ccc(N(c4ccccc4)c4ccccc4)cc3)c2[nH]1. The van der Waals surface area contributed by atoms with E-state index in [0.717, 1.165) is 104 Å². The normalized spacial score (nSPS) is 10.9. The molecule has 0 radical (unpaired) electrons. The molecule has 2 heterocycles. The summed E-state index contributed by atoms with van der Waals surface area (Å²) in [4.78, 5) is 13.6. The molecule has 0 amide bonds. The molecule has 0 saturated heterocycles. The molecule has 7 aromatic carbocycles. The Bertz CT molecular complexity index is 2360. The molecule has 9 aromatic rings. The fourth-order valence-corrected chi connectivity index (χ4v) is 7.87. The number of hydrogen-bond acceptors (Lipinski definition) is 6. The molecule has 0 spiro atoms. The Morgan fingerprint density at radius 1 is 0.464 bits per heavy atom. The van der Waals surface area contributed by atoms with E-state index < -0.39 is 0 Å². The lowest BCUT2D eigenvalue weighted by molar-refractivity contribution is 0.765. The first-order chi connectivity index (χ1) is 26.8. The van der Waals surface area contributed by atoms with Gasteiger partial charge >= 0.3 is 0 Å². The molecule has 0 saturated carbocycles. The summed E-state index contributed by atoms with van der Waals surface area (Å²) in [5, 5.41) is 0. The van der Waals surface area contributed by atoms with Gasteiger partial charge in [-0.25, -0.2) is 4.98 Å². The van der Waals surface area contributed by atoms with E-state index in [4.69, 9.17) is 13.7 Å². The van der Waals surface area contributed by atoms with Crippen molar-refractivity contribution in [2.24, 2.45) is 0 Å². The van der Waals surface area contributed by atoms with Gasteiger partial charge in [0.1, 0.15) is 16.9 Å². The number of H-pyrrole nitrogens is 1. The highest BCUT2D eigenvalue weighted by atomic mass is 32.1. The molecule has 0 bridgehead atoms. The fourth-order valence-electron chi connectivity index (χ4n) is 7.31. The Labute approximate surface area is 334 Å². The maximum absolute atomic E-state index is 5.28. The highest BCUT2D eigenvalue weighted by Crippen LogP contribution is 2.44. The zero-order valence-corrected chi connectivity index (χ0v) is 30.7. The molecular formula is C49H46N6S. The van der Waals surface area contributed by atoms with Gasteiger partial charge < -0.3 is 14.8 Å². The molecule has 0 aliphatic rings. The quantitative estimate of drug-likeness (QED) is 0.143. The number of nitrogens with zero attached hydrogens (tertiary/aromatic N) is 5. The van der Waals surface area contributed by atoms with Crippen molar-refractivity contribution >= 4 is 67.9 Å². The summed E-state index contributed by atoms with van der Waals surface area (Å²) in [5.74, 6) is 0.984. The second kappa shape index (κ2) is 16.8. The molecule has 0 aliphatic carbocycles. The average molecular weight is 751 g/mol. The van der Waals surface area contributed by atoms with Crippen LogP contribution in [-0.4, -0.2) is 18.7 Å². The highest BCUT2D eigenvalue weighted by molar-refractivity contribution is 7.00. The second-order valence-corrected chi connectivity index (χ2v) is 13.9. The van der Waals surface area contributed by atoms with Gasteiger partial charge in [-0.2, -0.15) is 8.75 Å². The van der Waals surface area contributed by atoms with Crippen molar-refractivity contribution in [3.05, 3.63) is 176 Å². The van der Waals surface area contributed by atoms with Crippen molar-refractivity contribution in [3.63, 3.8) is 0 Å². The van der Waals surface area contributed by atoms with E-state index in [-0.39, 0.29) is 14.9 Å². The monoisotopic (exact) mass is 750 g/mol. The van der Waals surface area contributed by atoms with Gasteiger partial charge in [0.2, 0.25) is 0 Å². The van der Waals surface area contributed by atoms with Crippen molar-refractivity contribution in [1.82, 2.24) is 18.7 Å². The minimum absolute atomic E-state index is 0. The number of nitrogens with one attached hydrogen (secondary N) is 1. The summed E-state index contributed by atoms with van der Waals surface area (Å²) in [6, 6.07) is 59.5. The van der Waals surface area contributed by atoms with Crippen LogP contribution >= 0.6 is 11.7 Å². The van der Waals surface area contributed by atoms with Crippen molar-refractivity contribution in [3.8, 4) is 22.3 Å². The van der Waals surface area contributed by atoms with Gasteiger partial charge in [-0.3, -0.25) is 0 Å². The molecular weight excluding hydrogens is 705 g/mol. The van der Waals surface area contributed by atoms with E-state index in [0.29, 0.717) is 0 Å². The van der Waals surface area contributed by atoms with Gasteiger partial charge in [0.25, 0.3) is 0 Å². The molecule has 278 valence electrons. The molecule has 7 heteroatoms. The van der Waals surface area contributed by atoms with Gasteiger partial charge in [-0.1, -0.05) is 125 Å². The summed E-state index contributed by atoms with van der Waals surface area (Å²) >= 11 is 1.25. The standard InChI is InChI=1S/C47H38N6S.2CH4/c1-2-3-24-41-48-44-42(33-25-29-39(30-26-33)52(35-16-8-4-9-17-35)36-18-10-5-11-19-36)46-47(51-54-50-46)43(45(44)49-41)34-27-31-40(32-28-34)53(37-20-12-6-13-21-37)38-22-14-7-15-23-38;;/h4-23,25-32H,2-3,24H2,1H3,(H,48,49);2*1H4. The first kappa shape index (κ1) is 37.7. The maximum atomic E-state index is 5.28. The molecule has 1 N–H and O–H groups in total. The zero-order chi connectivity index (χ0) is 36.3. The van der Waals surface area contributed by atoms with Crippen LogP contribution in [0.3, 0.4) is 0 Å². The van der Waals surface area contributed by atoms with Crippen LogP contribution in [0.25, 0.3) is 44.3 Å². The Morgan fingerprint density at radius 3 is 1.25 bits per heavy atom. The Balaban J connectivity index is 0.00000240. The Morgan fingerprint density at radius 2 is 0.839 bits per heavy atom. The molecule has 0 atom stereocenters. The topological polar surface area (TPSA) is 60.9 Å². The first-order valence-electron chi connectivity index (χ1n) is 18.4. The number of aryl methyl sites for hydroxylation is 1. The summed E-state index contributed by atoms with van der Waals surface area (Å²) < 4.78 is 9.88. The van der Waals surface area contributed by atoms with Gasteiger partial charge in [0.05, 0.1) is 22.8 Å². The third-order valence-corrected chi connectivity index (χ3v) is 10.4. The van der Waals surface area contributed by atoms with Gasteiger partial charge in [0.15, 0.2) is 0 Å². The average Bonchev–Trinajstić information content (AvgIpc) is 3.89. The zero-order valence-electron chi connectivity index (χ0n) is 29.9. The minimum Gasteiger partial charge on any atom is -0.341 e. The molecule has 6 nitrogen and oxygen atoms in total. The smallest absolute Gasteiger partial charge is 0.115 e. The molecule has 0 unspecified atom stereocenters. The largest absolute Gasteiger partial charge is 0.341 e. The maximum Gasteiger partial charge on any atom is 0.115 e. The van der Waals surface area contributed by atoms with E-state index in [9.17, 15) is 0 Å². The first-order valence-corrected chi connectivity index (χ1v) is 19.2. The van der Waals surface area contributed by atoms with Crippen LogP contribution in [0.2, 0.25) is 0 Å². The third kappa shape index (κ3) is 7.17. The minimum atomic E-state index is 0. The predicted molar refractivity (Wildman–Crippen MR) is 239 cm³/mol. The number of para-hydroxylation sites is 4. The number of benzene rings is 7. The summed E-state index contributed by atoms with van der Waals surface area (Å²) in [5.41, 5.74) is 14.4. The van der Waals surface area contributed by atoms with Crippen LogP contribution in [-0.2, 0) is 6.42 Å². The molecule has 0 fully saturated rings. The summed E-state index contributed by atoms with van der Waals surface area (Å²) in [6.07, 6.45) is 3.03. The third-order valence-electron chi connectivity index (χ3n) is 9.85.